The molecule has 2 aliphatic heterocycles. The van der Waals surface area contributed by atoms with E-state index in [1.165, 1.54) is 0 Å². The molecule has 0 bridgehead atoms. The third-order valence-electron chi connectivity index (χ3n) is 4.69. The van der Waals surface area contributed by atoms with Crippen molar-refractivity contribution >= 4 is 0 Å². The van der Waals surface area contributed by atoms with Crippen LogP contribution in [-0.4, -0.2) is 65.5 Å². The lowest BCUT2D eigenvalue weighted by atomic mass is 9.98. The molecule has 2 heterocycles. The summed E-state index contributed by atoms with van der Waals surface area (Å²) in [6.45, 7) is 9.34. The Morgan fingerprint density at radius 3 is 2.35 bits per heavy atom. The van der Waals surface area contributed by atoms with Crippen molar-refractivity contribution in [2.24, 2.45) is 0 Å². The first-order chi connectivity index (χ1) is 9.65. The molecule has 2 saturated heterocycles. The molecule has 0 N–H and O–H groups in total. The van der Waals surface area contributed by atoms with E-state index in [0.717, 1.165) is 45.6 Å². The summed E-state index contributed by atoms with van der Waals surface area (Å²) in [5.74, 6) is 0. The Labute approximate surface area is 122 Å². The summed E-state index contributed by atoms with van der Waals surface area (Å²) in [7, 11) is 0. The van der Waals surface area contributed by atoms with E-state index in [4.69, 9.17) is 10.5 Å². The molecular formula is C15H25N5. The van der Waals surface area contributed by atoms with Crippen LogP contribution >= 0.6 is 0 Å². The van der Waals surface area contributed by atoms with Gasteiger partial charge in [0.25, 0.3) is 0 Å². The molecule has 0 unspecified atom stereocenters. The third kappa shape index (κ3) is 3.42. The maximum Gasteiger partial charge on any atom is 0.179 e. The molecular weight excluding hydrogens is 250 g/mol. The Balaban J connectivity index is 1.96. The summed E-state index contributed by atoms with van der Waals surface area (Å²) >= 11 is 0. The van der Waals surface area contributed by atoms with Crippen LogP contribution in [0.5, 0.6) is 0 Å². The van der Waals surface area contributed by atoms with Crippen LogP contribution < -0.4 is 0 Å². The fourth-order valence-electron chi connectivity index (χ4n) is 3.43. The van der Waals surface area contributed by atoms with Gasteiger partial charge >= 0.3 is 0 Å². The quantitative estimate of drug-likeness (QED) is 0.725. The second-order valence-corrected chi connectivity index (χ2v) is 6.16. The van der Waals surface area contributed by atoms with Crippen LogP contribution in [0.25, 0.3) is 0 Å². The average Bonchev–Trinajstić information content (AvgIpc) is 2.47. The first-order valence-corrected chi connectivity index (χ1v) is 7.67. The highest BCUT2D eigenvalue weighted by atomic mass is 15.3. The van der Waals surface area contributed by atoms with E-state index < -0.39 is 0 Å². The Morgan fingerprint density at radius 2 is 1.80 bits per heavy atom. The number of nitriles is 2. The fraction of sp³-hybridized carbons (Fsp3) is 0.867. The molecule has 0 amide bonds. The number of piperazine rings is 1. The van der Waals surface area contributed by atoms with Gasteiger partial charge in [-0.1, -0.05) is 0 Å². The Bertz CT molecular complexity index is 386. The van der Waals surface area contributed by atoms with Crippen LogP contribution in [0.3, 0.4) is 0 Å². The minimum atomic E-state index is 0.356. The van der Waals surface area contributed by atoms with E-state index in [9.17, 15) is 0 Å². The van der Waals surface area contributed by atoms with Crippen LogP contribution in [-0.2, 0) is 0 Å². The minimum absolute atomic E-state index is 0.356. The van der Waals surface area contributed by atoms with E-state index in [1.54, 1.807) is 0 Å². The predicted octanol–water partition coefficient (Wildman–Crippen LogP) is 1.24. The first kappa shape index (κ1) is 15.1. The molecule has 1 atom stereocenters. The number of piperidine rings is 1. The molecule has 2 aliphatic rings. The van der Waals surface area contributed by atoms with E-state index in [1.807, 2.05) is 4.90 Å². The molecule has 0 aromatic carbocycles. The summed E-state index contributed by atoms with van der Waals surface area (Å²) in [6, 6.07) is 3.81. The van der Waals surface area contributed by atoms with Gasteiger partial charge in [-0.2, -0.15) is 10.5 Å². The van der Waals surface area contributed by atoms with E-state index in [2.05, 4.69) is 35.9 Å². The van der Waals surface area contributed by atoms with Crippen molar-refractivity contribution in [3.63, 3.8) is 0 Å². The maximum absolute atomic E-state index is 9.09. The lowest BCUT2D eigenvalue weighted by molar-refractivity contribution is 0.0120. The molecule has 0 aromatic rings. The average molecular weight is 275 g/mol. The summed E-state index contributed by atoms with van der Waals surface area (Å²) in [5.41, 5.74) is 0. The zero-order valence-corrected chi connectivity index (χ0v) is 12.6. The lowest BCUT2D eigenvalue weighted by Gasteiger charge is -2.47. The Kier molecular flexibility index (Phi) is 5.23. The predicted molar refractivity (Wildman–Crippen MR) is 77.6 cm³/mol. The number of hydrogen-bond donors (Lipinski definition) is 0. The van der Waals surface area contributed by atoms with Crippen molar-refractivity contribution in [2.45, 2.75) is 51.2 Å². The van der Waals surface area contributed by atoms with Crippen molar-refractivity contribution in [3.8, 4) is 12.3 Å². The van der Waals surface area contributed by atoms with Gasteiger partial charge in [0.15, 0.2) is 6.19 Å². The van der Waals surface area contributed by atoms with Crippen molar-refractivity contribution in [1.82, 2.24) is 14.7 Å². The first-order valence-electron chi connectivity index (χ1n) is 7.67. The van der Waals surface area contributed by atoms with Gasteiger partial charge in [0.2, 0.25) is 0 Å². The summed E-state index contributed by atoms with van der Waals surface area (Å²) < 4.78 is 0. The largest absolute Gasteiger partial charge is 0.311 e. The number of nitrogens with zero attached hydrogens (tertiary/aromatic N) is 5. The minimum Gasteiger partial charge on any atom is -0.311 e. The lowest BCUT2D eigenvalue weighted by Crippen LogP contribution is -2.59. The molecule has 2 fully saturated rings. The van der Waals surface area contributed by atoms with Crippen molar-refractivity contribution in [1.29, 1.82) is 10.5 Å². The summed E-state index contributed by atoms with van der Waals surface area (Å²) in [4.78, 5) is 6.86. The van der Waals surface area contributed by atoms with Crippen LogP contribution in [0.4, 0.5) is 0 Å². The molecule has 2 rings (SSSR count). The van der Waals surface area contributed by atoms with Gasteiger partial charge in [-0.05, 0) is 26.7 Å². The molecule has 0 aromatic heterocycles. The van der Waals surface area contributed by atoms with Gasteiger partial charge in [0.1, 0.15) is 0 Å². The van der Waals surface area contributed by atoms with Crippen molar-refractivity contribution < 1.29 is 0 Å². The second-order valence-electron chi connectivity index (χ2n) is 6.16. The Hall–Kier alpha value is -1.30. The summed E-state index contributed by atoms with van der Waals surface area (Å²) in [6.07, 6.45) is 4.96. The van der Waals surface area contributed by atoms with Gasteiger partial charge < -0.3 is 4.90 Å². The van der Waals surface area contributed by atoms with Crippen molar-refractivity contribution in [2.75, 3.05) is 32.7 Å². The molecule has 5 nitrogen and oxygen atoms in total. The van der Waals surface area contributed by atoms with Crippen LogP contribution in [0, 0.1) is 22.8 Å². The van der Waals surface area contributed by atoms with Gasteiger partial charge in [-0.3, -0.25) is 9.80 Å². The summed E-state index contributed by atoms with van der Waals surface area (Å²) in [5, 5.41) is 18.0. The second kappa shape index (κ2) is 6.92. The normalized spacial score (nSPS) is 26.4. The molecule has 0 spiro atoms. The molecule has 0 saturated carbocycles. The van der Waals surface area contributed by atoms with Crippen LogP contribution in [0.15, 0.2) is 0 Å². The monoisotopic (exact) mass is 275 g/mol. The maximum atomic E-state index is 9.09. The smallest absolute Gasteiger partial charge is 0.179 e. The van der Waals surface area contributed by atoms with Gasteiger partial charge in [0, 0.05) is 50.8 Å². The zero-order chi connectivity index (χ0) is 14.5. The highest BCUT2D eigenvalue weighted by Crippen LogP contribution is 2.23. The number of likely N-dealkylation sites (tertiary alicyclic amines) is 1. The number of rotatable bonds is 3. The fourth-order valence-corrected chi connectivity index (χ4v) is 3.43. The molecule has 0 radical (unpaired) electrons. The highest BCUT2D eigenvalue weighted by Gasteiger charge is 2.34. The van der Waals surface area contributed by atoms with Crippen molar-refractivity contribution in [3.05, 3.63) is 0 Å². The Morgan fingerprint density at radius 1 is 1.10 bits per heavy atom. The van der Waals surface area contributed by atoms with Crippen LogP contribution in [0.1, 0.15) is 33.1 Å². The van der Waals surface area contributed by atoms with E-state index in [-0.39, 0.29) is 0 Å². The molecule has 5 heteroatoms. The number of hydrogen-bond acceptors (Lipinski definition) is 5. The molecule has 20 heavy (non-hydrogen) atoms. The molecule has 0 aliphatic carbocycles. The third-order valence-corrected chi connectivity index (χ3v) is 4.69. The van der Waals surface area contributed by atoms with Gasteiger partial charge in [-0.15, -0.1) is 0 Å². The van der Waals surface area contributed by atoms with Gasteiger partial charge in [0.05, 0.1) is 12.5 Å². The standard InChI is InChI=1S/C15H25N5/c1-13(2)19-9-10-20(15(11-19)3-6-16)14-4-7-18(12-17)8-5-14/h13-15H,3-5,7-11H2,1-2H3/t15-/m0/s1. The topological polar surface area (TPSA) is 57.3 Å². The SMILES string of the molecule is CC(C)N1CCN(C2CCN(C#N)CC2)[C@@H](CC#N)C1. The van der Waals surface area contributed by atoms with E-state index >= 15 is 0 Å². The zero-order valence-electron chi connectivity index (χ0n) is 12.6. The highest BCUT2D eigenvalue weighted by molar-refractivity contribution is 4.95. The molecule has 110 valence electrons. The van der Waals surface area contributed by atoms with Gasteiger partial charge in [-0.25, -0.2) is 0 Å². The van der Waals surface area contributed by atoms with Crippen LogP contribution in [0.2, 0.25) is 0 Å². The van der Waals surface area contributed by atoms with E-state index in [0.29, 0.717) is 24.5 Å².